The van der Waals surface area contributed by atoms with Crippen LogP contribution in [0.3, 0.4) is 0 Å². The third-order valence-corrected chi connectivity index (χ3v) is 2.58. The van der Waals surface area contributed by atoms with Crippen molar-refractivity contribution in [3.05, 3.63) is 27.9 Å². The van der Waals surface area contributed by atoms with Crippen LogP contribution in [0.4, 0.5) is 11.5 Å². The lowest BCUT2D eigenvalue weighted by molar-refractivity contribution is -0.384. The van der Waals surface area contributed by atoms with Crippen LogP contribution in [0.25, 0.3) is 0 Å². The summed E-state index contributed by atoms with van der Waals surface area (Å²) >= 11 is 0. The summed E-state index contributed by atoms with van der Waals surface area (Å²) in [6.45, 7) is 6.12. The first-order chi connectivity index (χ1) is 9.24. The zero-order valence-electron chi connectivity index (χ0n) is 11.8. The summed E-state index contributed by atoms with van der Waals surface area (Å²) in [7, 11) is 0. The largest absolute Gasteiger partial charge is 0.391 e. The van der Waals surface area contributed by atoms with E-state index in [4.69, 9.17) is 5.26 Å². The zero-order valence-corrected chi connectivity index (χ0v) is 11.8. The van der Waals surface area contributed by atoms with Crippen LogP contribution in [0, 0.1) is 26.9 Å². The summed E-state index contributed by atoms with van der Waals surface area (Å²) in [5.41, 5.74) is -0.467. The molecule has 0 saturated heterocycles. The number of anilines is 1. The third kappa shape index (κ3) is 4.48. The quantitative estimate of drug-likeness (QED) is 0.629. The molecule has 20 heavy (non-hydrogen) atoms. The Balaban J connectivity index is 2.84. The van der Waals surface area contributed by atoms with Gasteiger partial charge in [-0.1, -0.05) is 20.8 Å². The van der Waals surface area contributed by atoms with Gasteiger partial charge >= 0.3 is 5.69 Å². The summed E-state index contributed by atoms with van der Waals surface area (Å²) in [5, 5.41) is 32.5. The fraction of sp³-hybridized carbons (Fsp3) is 0.538. The standard InChI is InChI=1S/C13H18N4O3/c1-13(2,3)6-10(18)8-16-12-11(17(19)20)9(7-14)4-5-15-12/h4-5,10,18H,6,8H2,1-3H3,(H,15,16). The number of nitro groups is 1. The van der Waals surface area contributed by atoms with Crippen molar-refractivity contribution in [3.63, 3.8) is 0 Å². The molecule has 2 N–H and O–H groups in total. The lowest BCUT2D eigenvalue weighted by Crippen LogP contribution is -2.25. The van der Waals surface area contributed by atoms with Crippen LogP contribution in [0.1, 0.15) is 32.8 Å². The fourth-order valence-electron chi connectivity index (χ4n) is 1.85. The molecule has 0 bridgehead atoms. The van der Waals surface area contributed by atoms with Crippen LogP contribution in [0.5, 0.6) is 0 Å². The van der Waals surface area contributed by atoms with Gasteiger partial charge in [-0.2, -0.15) is 5.26 Å². The molecular weight excluding hydrogens is 260 g/mol. The summed E-state index contributed by atoms with van der Waals surface area (Å²) in [4.78, 5) is 14.2. The minimum atomic E-state index is -0.651. The predicted octanol–water partition coefficient (Wildman–Crippen LogP) is 2.07. The van der Waals surface area contributed by atoms with E-state index >= 15 is 0 Å². The van der Waals surface area contributed by atoms with Crippen molar-refractivity contribution in [3.8, 4) is 6.07 Å². The van der Waals surface area contributed by atoms with Crippen LogP contribution in [0.2, 0.25) is 0 Å². The number of aliphatic hydroxyl groups is 1. The Labute approximate surface area is 117 Å². The molecule has 0 fully saturated rings. The van der Waals surface area contributed by atoms with Crippen molar-refractivity contribution in [2.75, 3.05) is 11.9 Å². The van der Waals surface area contributed by atoms with Crippen molar-refractivity contribution in [2.24, 2.45) is 5.41 Å². The first-order valence-electron chi connectivity index (χ1n) is 6.20. The Morgan fingerprint density at radius 1 is 1.60 bits per heavy atom. The molecule has 0 radical (unpaired) electrons. The first kappa shape index (κ1) is 15.9. The van der Waals surface area contributed by atoms with Crippen LogP contribution < -0.4 is 5.32 Å². The lowest BCUT2D eigenvalue weighted by atomic mass is 9.89. The van der Waals surface area contributed by atoms with Gasteiger partial charge in [0.05, 0.1) is 11.0 Å². The molecule has 0 aliphatic heterocycles. The Bertz CT molecular complexity index is 531. The van der Waals surface area contributed by atoms with Gasteiger partial charge in [0.1, 0.15) is 11.6 Å². The van der Waals surface area contributed by atoms with E-state index < -0.39 is 11.0 Å². The van der Waals surface area contributed by atoms with E-state index in [1.165, 1.54) is 12.3 Å². The molecule has 0 saturated carbocycles. The molecule has 1 heterocycles. The SMILES string of the molecule is CC(C)(C)CC(O)CNc1nccc(C#N)c1[N+](=O)[O-]. The molecule has 7 heteroatoms. The molecule has 1 rings (SSSR count). The van der Waals surface area contributed by atoms with E-state index in [0.717, 1.165) is 0 Å². The number of pyridine rings is 1. The van der Waals surface area contributed by atoms with E-state index in [-0.39, 0.29) is 29.0 Å². The average Bonchev–Trinajstić information content (AvgIpc) is 2.33. The maximum absolute atomic E-state index is 11.0. The van der Waals surface area contributed by atoms with Gasteiger partial charge in [-0.25, -0.2) is 4.98 Å². The number of nitrogens with zero attached hydrogens (tertiary/aromatic N) is 3. The van der Waals surface area contributed by atoms with Gasteiger partial charge in [0, 0.05) is 12.7 Å². The Kier molecular flexibility index (Phi) is 5.00. The number of aliphatic hydroxyl groups excluding tert-OH is 1. The van der Waals surface area contributed by atoms with Gasteiger partial charge in [-0.05, 0) is 17.9 Å². The Morgan fingerprint density at radius 3 is 2.75 bits per heavy atom. The highest BCUT2D eigenvalue weighted by molar-refractivity contribution is 5.64. The second-order valence-electron chi connectivity index (χ2n) is 5.72. The minimum Gasteiger partial charge on any atom is -0.391 e. The van der Waals surface area contributed by atoms with Crippen LogP contribution in [-0.2, 0) is 0 Å². The molecular formula is C13H18N4O3. The fourth-order valence-corrected chi connectivity index (χ4v) is 1.85. The van der Waals surface area contributed by atoms with Gasteiger partial charge < -0.3 is 10.4 Å². The zero-order chi connectivity index (χ0) is 15.3. The average molecular weight is 278 g/mol. The van der Waals surface area contributed by atoms with E-state index in [0.29, 0.717) is 6.42 Å². The summed E-state index contributed by atoms with van der Waals surface area (Å²) in [6, 6.07) is 3.05. The van der Waals surface area contributed by atoms with Crippen molar-refractivity contribution in [1.29, 1.82) is 5.26 Å². The number of hydrogen-bond acceptors (Lipinski definition) is 6. The monoisotopic (exact) mass is 278 g/mol. The molecule has 0 aliphatic carbocycles. The molecule has 1 unspecified atom stereocenters. The number of nitrogens with one attached hydrogen (secondary N) is 1. The second-order valence-corrected chi connectivity index (χ2v) is 5.72. The van der Waals surface area contributed by atoms with Crippen molar-refractivity contribution < 1.29 is 10.0 Å². The summed E-state index contributed by atoms with van der Waals surface area (Å²) in [6.07, 6.45) is 1.22. The highest BCUT2D eigenvalue weighted by Crippen LogP contribution is 2.26. The van der Waals surface area contributed by atoms with Crippen LogP contribution >= 0.6 is 0 Å². The van der Waals surface area contributed by atoms with Crippen LogP contribution in [-0.4, -0.2) is 27.7 Å². The van der Waals surface area contributed by atoms with Crippen molar-refractivity contribution >= 4 is 11.5 Å². The van der Waals surface area contributed by atoms with Gasteiger partial charge in [0.25, 0.3) is 0 Å². The van der Waals surface area contributed by atoms with E-state index in [1.54, 1.807) is 6.07 Å². The molecule has 108 valence electrons. The number of aromatic nitrogens is 1. The summed E-state index contributed by atoms with van der Waals surface area (Å²) in [5.74, 6) is 0.00186. The molecule has 7 nitrogen and oxygen atoms in total. The smallest absolute Gasteiger partial charge is 0.328 e. The number of rotatable bonds is 5. The molecule has 1 aromatic rings. The minimum absolute atomic E-state index is 0.00186. The predicted molar refractivity (Wildman–Crippen MR) is 74.2 cm³/mol. The van der Waals surface area contributed by atoms with Gasteiger partial charge in [0.2, 0.25) is 5.82 Å². The Hall–Kier alpha value is -2.20. The lowest BCUT2D eigenvalue weighted by Gasteiger charge is -2.22. The Morgan fingerprint density at radius 2 is 2.25 bits per heavy atom. The molecule has 0 aliphatic rings. The van der Waals surface area contributed by atoms with Crippen molar-refractivity contribution in [2.45, 2.75) is 33.3 Å². The normalized spacial score (nSPS) is 12.6. The van der Waals surface area contributed by atoms with E-state index in [1.807, 2.05) is 20.8 Å². The van der Waals surface area contributed by atoms with E-state index in [2.05, 4.69) is 10.3 Å². The molecule has 0 amide bonds. The van der Waals surface area contributed by atoms with Gasteiger partial charge in [-0.15, -0.1) is 0 Å². The maximum Gasteiger partial charge on any atom is 0.328 e. The van der Waals surface area contributed by atoms with Crippen molar-refractivity contribution in [1.82, 2.24) is 4.98 Å². The van der Waals surface area contributed by atoms with Gasteiger partial charge in [-0.3, -0.25) is 10.1 Å². The van der Waals surface area contributed by atoms with Gasteiger partial charge in [0.15, 0.2) is 0 Å². The molecule has 0 spiro atoms. The number of nitriles is 1. The van der Waals surface area contributed by atoms with E-state index in [9.17, 15) is 15.2 Å². The maximum atomic E-state index is 11.0. The first-order valence-corrected chi connectivity index (χ1v) is 6.20. The molecule has 0 aromatic carbocycles. The molecule has 1 atom stereocenters. The van der Waals surface area contributed by atoms with Crippen LogP contribution in [0.15, 0.2) is 12.3 Å². The second kappa shape index (κ2) is 6.30. The highest BCUT2D eigenvalue weighted by atomic mass is 16.6. The summed E-state index contributed by atoms with van der Waals surface area (Å²) < 4.78 is 0. The topological polar surface area (TPSA) is 112 Å². The molecule has 1 aromatic heterocycles. The third-order valence-electron chi connectivity index (χ3n) is 2.58. The highest BCUT2D eigenvalue weighted by Gasteiger charge is 2.22. The number of hydrogen-bond donors (Lipinski definition) is 2.